The molecular formula is C46H52N8O6. The van der Waals surface area contributed by atoms with Crippen LogP contribution in [0.25, 0.3) is 44.2 Å². The Morgan fingerprint density at radius 2 is 1.28 bits per heavy atom. The largest absolute Gasteiger partial charge is 0.453 e. The first kappa shape index (κ1) is 40.3. The molecule has 14 nitrogen and oxygen atoms in total. The third-order valence-corrected chi connectivity index (χ3v) is 11.8. The van der Waals surface area contributed by atoms with Gasteiger partial charge >= 0.3 is 12.2 Å². The van der Waals surface area contributed by atoms with E-state index < -0.39 is 30.3 Å². The molecule has 1 fully saturated rings. The van der Waals surface area contributed by atoms with E-state index in [4.69, 9.17) is 19.4 Å². The molecule has 4 heterocycles. The Balaban J connectivity index is 1.01. The summed E-state index contributed by atoms with van der Waals surface area (Å²) in [5.74, 6) is 1.18. The van der Waals surface area contributed by atoms with E-state index in [1.54, 1.807) is 11.1 Å². The van der Waals surface area contributed by atoms with Crippen LogP contribution in [-0.2, 0) is 19.1 Å². The average molecular weight is 813 g/mol. The Morgan fingerprint density at radius 1 is 0.717 bits per heavy atom. The number of aromatic amines is 2. The minimum atomic E-state index is -0.738. The lowest BCUT2D eigenvalue weighted by atomic mass is 9.99. The van der Waals surface area contributed by atoms with Crippen LogP contribution in [0.4, 0.5) is 9.59 Å². The van der Waals surface area contributed by atoms with Gasteiger partial charge in [-0.25, -0.2) is 19.6 Å². The van der Waals surface area contributed by atoms with E-state index >= 15 is 0 Å². The van der Waals surface area contributed by atoms with Gasteiger partial charge in [-0.15, -0.1) is 0 Å². The summed E-state index contributed by atoms with van der Waals surface area (Å²) in [6.45, 7) is 10.5. The molecule has 1 aliphatic carbocycles. The van der Waals surface area contributed by atoms with Gasteiger partial charge in [-0.1, -0.05) is 75.8 Å². The van der Waals surface area contributed by atoms with Crippen LogP contribution in [0.15, 0.2) is 84.1 Å². The zero-order valence-electron chi connectivity index (χ0n) is 35.0. The number of methoxy groups -OCH3 is 2. The summed E-state index contributed by atoms with van der Waals surface area (Å²) in [6, 6.07) is 16.6. The monoisotopic (exact) mass is 812 g/mol. The molecule has 0 radical (unpaired) electrons. The fourth-order valence-electron chi connectivity index (χ4n) is 8.35. The molecule has 0 spiro atoms. The number of imidazole rings is 2. The quantitative estimate of drug-likeness (QED) is 0.0988. The third-order valence-electron chi connectivity index (χ3n) is 11.8. The smallest absolute Gasteiger partial charge is 0.407 e. The Morgan fingerprint density at radius 3 is 1.90 bits per heavy atom. The Kier molecular flexibility index (Phi) is 11.0. The molecule has 4 unspecified atom stereocenters. The fraction of sp³-hybridized carbons (Fsp3) is 0.391. The number of nitrogens with zero attached hydrogens (tertiary/aromatic N) is 4. The second kappa shape index (κ2) is 16.3. The molecule has 8 rings (SSSR count). The average Bonchev–Trinajstić information content (AvgIpc) is 3.57. The lowest BCUT2D eigenvalue weighted by Gasteiger charge is -2.30. The van der Waals surface area contributed by atoms with Gasteiger partial charge in [0.1, 0.15) is 35.8 Å². The fourth-order valence-corrected chi connectivity index (χ4v) is 8.35. The first-order valence-corrected chi connectivity index (χ1v) is 20.6. The number of alkyl carbamates (subject to hydrolysis) is 2. The highest BCUT2D eigenvalue weighted by molar-refractivity contribution is 5.92. The standard InChI is InChI=1S/C46H52N8O6/c1-24(2)39(51-45(57)59-6)43(55)53-22-26(5)16-37(53)41-47-21-36(50-41)32-13-12-28-17-29(10-11-30(28)18-32)31-14-15-34-35(19-31)49-42(48-34)38-20-33(27-8-9-27)23-54(38)44(56)40(25(3)4)52-46(58)60-7/h10-21,24-25,27,37-40H,8-9,22-23H2,1-7H3,(H,47,50)(H,48,49)(H,51,57)(H,52,58). The minimum absolute atomic E-state index is 0.135. The maximum atomic E-state index is 14.0. The zero-order valence-corrected chi connectivity index (χ0v) is 35.0. The van der Waals surface area contributed by atoms with Crippen LogP contribution in [0.5, 0.6) is 0 Å². The summed E-state index contributed by atoms with van der Waals surface area (Å²) < 4.78 is 9.61. The molecule has 0 bridgehead atoms. The molecule has 0 saturated heterocycles. The van der Waals surface area contributed by atoms with Crippen molar-refractivity contribution in [1.29, 1.82) is 0 Å². The summed E-state index contributed by atoms with van der Waals surface area (Å²) in [5.41, 5.74) is 7.83. The van der Waals surface area contributed by atoms with E-state index in [9.17, 15) is 19.2 Å². The van der Waals surface area contributed by atoms with Gasteiger partial charge < -0.3 is 39.9 Å². The van der Waals surface area contributed by atoms with E-state index in [1.165, 1.54) is 19.8 Å². The summed E-state index contributed by atoms with van der Waals surface area (Å²) >= 11 is 0. The van der Waals surface area contributed by atoms with Crippen LogP contribution in [0, 0.1) is 17.8 Å². The normalized spacial score (nSPS) is 18.8. The molecule has 2 aliphatic heterocycles. The van der Waals surface area contributed by atoms with Crippen LogP contribution >= 0.6 is 0 Å². The van der Waals surface area contributed by atoms with Crippen molar-refractivity contribution in [3.8, 4) is 22.4 Å². The maximum absolute atomic E-state index is 14.0. The van der Waals surface area contributed by atoms with Crippen molar-refractivity contribution in [2.24, 2.45) is 17.8 Å². The van der Waals surface area contributed by atoms with Gasteiger partial charge in [0.15, 0.2) is 0 Å². The van der Waals surface area contributed by atoms with E-state index in [0.29, 0.717) is 30.7 Å². The number of carbonyl (C=O) groups excluding carboxylic acids is 4. The van der Waals surface area contributed by atoms with Crippen LogP contribution in [-0.4, -0.2) is 93.1 Å². The van der Waals surface area contributed by atoms with Crippen molar-refractivity contribution in [2.45, 2.75) is 71.6 Å². The van der Waals surface area contributed by atoms with Crippen molar-refractivity contribution in [1.82, 2.24) is 40.4 Å². The Hall–Kier alpha value is -6.44. The lowest BCUT2D eigenvalue weighted by molar-refractivity contribution is -0.135. The minimum Gasteiger partial charge on any atom is -0.453 e. The van der Waals surface area contributed by atoms with Gasteiger partial charge in [0.25, 0.3) is 0 Å². The SMILES string of the molecule is COC(=O)NC(C(=O)N1CC(C)=CC1c1ncc(-c2ccc3cc(-c4ccc5nc(C6C=C(C7CC7)CN6C(=O)C(NC(=O)OC)C(C)C)[nH]c5c4)ccc3c2)[nH]1)C(C)C. The van der Waals surface area contributed by atoms with Crippen molar-refractivity contribution in [2.75, 3.05) is 27.3 Å². The van der Waals surface area contributed by atoms with Crippen LogP contribution in [0.1, 0.15) is 71.2 Å². The van der Waals surface area contributed by atoms with Crippen molar-refractivity contribution in [3.05, 3.63) is 95.7 Å². The summed E-state index contributed by atoms with van der Waals surface area (Å²) in [6.07, 6.45) is 6.96. The van der Waals surface area contributed by atoms with Crippen LogP contribution in [0.2, 0.25) is 0 Å². The molecule has 3 aliphatic rings. The van der Waals surface area contributed by atoms with E-state index in [-0.39, 0.29) is 29.7 Å². The number of amides is 4. The lowest BCUT2D eigenvalue weighted by Crippen LogP contribution is -2.51. The van der Waals surface area contributed by atoms with E-state index in [0.717, 1.165) is 62.6 Å². The van der Waals surface area contributed by atoms with Crippen molar-refractivity contribution < 1.29 is 28.7 Å². The number of aromatic nitrogens is 4. The first-order valence-electron chi connectivity index (χ1n) is 20.6. The van der Waals surface area contributed by atoms with Gasteiger partial charge in [-0.2, -0.15) is 0 Å². The molecule has 60 heavy (non-hydrogen) atoms. The second-order valence-corrected chi connectivity index (χ2v) is 16.9. The van der Waals surface area contributed by atoms with E-state index in [2.05, 4.69) is 75.2 Å². The van der Waals surface area contributed by atoms with Gasteiger partial charge in [0.2, 0.25) is 11.8 Å². The first-order chi connectivity index (χ1) is 28.8. The van der Waals surface area contributed by atoms with Crippen LogP contribution < -0.4 is 10.6 Å². The number of H-pyrrole nitrogens is 2. The molecule has 1 saturated carbocycles. The molecule has 3 aromatic carbocycles. The number of rotatable bonds is 11. The summed E-state index contributed by atoms with van der Waals surface area (Å²) in [4.78, 5) is 72.2. The van der Waals surface area contributed by atoms with Crippen molar-refractivity contribution in [3.63, 3.8) is 0 Å². The highest BCUT2D eigenvalue weighted by Crippen LogP contribution is 2.43. The number of carbonyl (C=O) groups is 4. The summed E-state index contributed by atoms with van der Waals surface area (Å²) in [5, 5.41) is 7.57. The molecule has 4 atom stereocenters. The number of nitrogens with one attached hydrogen (secondary N) is 4. The van der Waals surface area contributed by atoms with Gasteiger partial charge in [0, 0.05) is 18.7 Å². The molecular weight excluding hydrogens is 761 g/mol. The molecule has 4 amide bonds. The highest BCUT2D eigenvalue weighted by atomic mass is 16.5. The number of benzene rings is 3. The highest BCUT2D eigenvalue weighted by Gasteiger charge is 2.41. The molecule has 312 valence electrons. The molecule has 2 aromatic heterocycles. The topological polar surface area (TPSA) is 175 Å². The number of ether oxygens (including phenoxy) is 2. The predicted molar refractivity (Wildman–Crippen MR) is 228 cm³/mol. The number of hydrogen-bond acceptors (Lipinski definition) is 8. The predicted octanol–water partition coefficient (Wildman–Crippen LogP) is 7.58. The molecule has 5 aromatic rings. The van der Waals surface area contributed by atoms with Gasteiger partial charge in [0.05, 0.1) is 37.1 Å². The summed E-state index contributed by atoms with van der Waals surface area (Å²) in [7, 11) is 2.58. The molecule has 4 N–H and O–H groups in total. The van der Waals surface area contributed by atoms with E-state index in [1.807, 2.05) is 51.7 Å². The Labute approximate surface area is 348 Å². The van der Waals surface area contributed by atoms with Gasteiger partial charge in [-0.05, 0) is 89.3 Å². The van der Waals surface area contributed by atoms with Gasteiger partial charge in [-0.3, -0.25) is 9.59 Å². The van der Waals surface area contributed by atoms with Crippen LogP contribution in [0.3, 0.4) is 0 Å². The number of hydrogen-bond donors (Lipinski definition) is 4. The zero-order chi connectivity index (χ0) is 42.4. The Bertz CT molecular complexity index is 2550. The third kappa shape index (κ3) is 7.97. The molecule has 14 heteroatoms. The maximum Gasteiger partial charge on any atom is 0.407 e. The second-order valence-electron chi connectivity index (χ2n) is 16.9. The van der Waals surface area contributed by atoms with Crippen molar-refractivity contribution >= 4 is 45.8 Å². The number of fused-ring (bicyclic) bond motifs is 2.